The molecule has 3 aromatic rings. The van der Waals surface area contributed by atoms with E-state index < -0.39 is 0 Å². The maximum Gasteiger partial charge on any atom is 0.268 e. The van der Waals surface area contributed by atoms with Crippen LogP contribution >= 0.6 is 0 Å². The summed E-state index contributed by atoms with van der Waals surface area (Å²) in [6.07, 6.45) is 0. The molecular formula is C18H17FN2O. The van der Waals surface area contributed by atoms with Gasteiger partial charge in [0, 0.05) is 19.0 Å². The molecule has 4 heteroatoms. The molecule has 0 saturated heterocycles. The van der Waals surface area contributed by atoms with Crippen molar-refractivity contribution < 1.29 is 9.18 Å². The molecule has 0 aliphatic rings. The Morgan fingerprint density at radius 1 is 1.18 bits per heavy atom. The molecule has 1 aromatic heterocycles. The van der Waals surface area contributed by atoms with Crippen LogP contribution in [0.15, 0.2) is 48.5 Å². The largest absolute Gasteiger partial charge is 0.347 e. The molecule has 112 valence electrons. The van der Waals surface area contributed by atoms with Gasteiger partial charge in [-0.1, -0.05) is 35.9 Å². The van der Waals surface area contributed by atoms with Crippen molar-refractivity contribution in [3.05, 3.63) is 71.2 Å². The number of halogens is 1. The lowest BCUT2D eigenvalue weighted by Crippen LogP contribution is -2.24. The number of carbonyl (C=O) groups excluding carboxylic acids is 1. The summed E-state index contributed by atoms with van der Waals surface area (Å²) in [7, 11) is 1.77. The molecule has 0 spiro atoms. The van der Waals surface area contributed by atoms with Crippen molar-refractivity contribution in [3.63, 3.8) is 0 Å². The lowest BCUT2D eigenvalue weighted by molar-refractivity contribution is 0.0943. The highest BCUT2D eigenvalue weighted by Gasteiger charge is 2.14. The van der Waals surface area contributed by atoms with Gasteiger partial charge in [-0.15, -0.1) is 0 Å². The van der Waals surface area contributed by atoms with Crippen molar-refractivity contribution in [3.8, 4) is 0 Å². The summed E-state index contributed by atoms with van der Waals surface area (Å²) in [6, 6.07) is 14.4. The molecular weight excluding hydrogens is 279 g/mol. The van der Waals surface area contributed by atoms with Gasteiger partial charge < -0.3 is 9.88 Å². The number of nitrogens with zero attached hydrogens (tertiary/aromatic N) is 1. The van der Waals surface area contributed by atoms with Crippen molar-refractivity contribution >= 4 is 16.8 Å². The average molecular weight is 296 g/mol. The first-order chi connectivity index (χ1) is 10.6. The number of carbonyl (C=O) groups is 1. The normalized spacial score (nSPS) is 10.9. The van der Waals surface area contributed by atoms with Crippen molar-refractivity contribution in [1.29, 1.82) is 0 Å². The van der Waals surface area contributed by atoms with Crippen LogP contribution in [0, 0.1) is 12.7 Å². The van der Waals surface area contributed by atoms with E-state index in [2.05, 4.69) is 5.32 Å². The first-order valence-corrected chi connectivity index (χ1v) is 7.14. The fourth-order valence-corrected chi connectivity index (χ4v) is 2.52. The van der Waals surface area contributed by atoms with E-state index in [1.165, 1.54) is 11.6 Å². The Morgan fingerprint density at radius 2 is 1.91 bits per heavy atom. The monoisotopic (exact) mass is 296 g/mol. The van der Waals surface area contributed by atoms with Gasteiger partial charge in [-0.2, -0.15) is 0 Å². The number of amides is 1. The topological polar surface area (TPSA) is 34.0 Å². The Morgan fingerprint density at radius 3 is 2.59 bits per heavy atom. The van der Waals surface area contributed by atoms with Gasteiger partial charge in [0.25, 0.3) is 5.91 Å². The second-order valence-electron chi connectivity index (χ2n) is 5.43. The number of aromatic nitrogens is 1. The predicted octanol–water partition coefficient (Wildman–Crippen LogP) is 3.56. The van der Waals surface area contributed by atoms with Crippen LogP contribution in [0.4, 0.5) is 4.39 Å². The van der Waals surface area contributed by atoms with E-state index in [1.807, 2.05) is 31.2 Å². The smallest absolute Gasteiger partial charge is 0.268 e. The molecule has 3 nitrogen and oxygen atoms in total. The Hall–Kier alpha value is -2.62. The van der Waals surface area contributed by atoms with Crippen LogP contribution in [0.2, 0.25) is 0 Å². The molecule has 0 aliphatic carbocycles. The minimum absolute atomic E-state index is 0.210. The molecule has 0 unspecified atom stereocenters. The number of rotatable bonds is 3. The molecule has 0 bridgehead atoms. The summed E-state index contributed by atoms with van der Waals surface area (Å²) in [5.41, 5.74) is 3.37. The summed E-state index contributed by atoms with van der Waals surface area (Å²) in [6.45, 7) is 2.47. The van der Waals surface area contributed by atoms with Gasteiger partial charge in [-0.05, 0) is 30.7 Å². The van der Waals surface area contributed by atoms with E-state index >= 15 is 0 Å². The Kier molecular flexibility index (Phi) is 3.67. The van der Waals surface area contributed by atoms with Crippen LogP contribution in [0.1, 0.15) is 21.6 Å². The van der Waals surface area contributed by atoms with Crippen LogP contribution in [-0.2, 0) is 13.6 Å². The molecule has 22 heavy (non-hydrogen) atoms. The molecule has 1 heterocycles. The number of nitrogens with one attached hydrogen (secondary N) is 1. The molecule has 0 aliphatic heterocycles. The van der Waals surface area contributed by atoms with Crippen molar-refractivity contribution in [1.82, 2.24) is 9.88 Å². The van der Waals surface area contributed by atoms with E-state index in [1.54, 1.807) is 29.8 Å². The minimum atomic E-state index is -0.314. The number of benzene rings is 2. The number of hydrogen-bond acceptors (Lipinski definition) is 1. The van der Waals surface area contributed by atoms with Gasteiger partial charge in [0.05, 0.1) is 5.52 Å². The van der Waals surface area contributed by atoms with Gasteiger partial charge in [0.1, 0.15) is 11.5 Å². The first kappa shape index (κ1) is 14.3. The van der Waals surface area contributed by atoms with Crippen LogP contribution in [-0.4, -0.2) is 10.5 Å². The van der Waals surface area contributed by atoms with Crippen LogP contribution in [0.25, 0.3) is 10.9 Å². The van der Waals surface area contributed by atoms with E-state index in [0.29, 0.717) is 23.1 Å². The second kappa shape index (κ2) is 5.64. The molecule has 3 rings (SSSR count). The summed E-state index contributed by atoms with van der Waals surface area (Å²) in [4.78, 5) is 12.3. The fraction of sp³-hybridized carbons (Fsp3) is 0.167. The third kappa shape index (κ3) is 2.60. The van der Waals surface area contributed by atoms with Crippen LogP contribution < -0.4 is 5.32 Å². The van der Waals surface area contributed by atoms with Crippen molar-refractivity contribution in [2.45, 2.75) is 13.5 Å². The standard InChI is InChI=1S/C18H17FN2O/c1-12-6-8-13(9-7-12)11-20-18(22)17-10-14-15(19)4-3-5-16(14)21(17)2/h3-10H,11H2,1-2H3,(H,20,22). The zero-order valence-corrected chi connectivity index (χ0v) is 12.6. The van der Waals surface area contributed by atoms with E-state index in [9.17, 15) is 9.18 Å². The molecule has 0 fully saturated rings. The third-order valence-corrected chi connectivity index (χ3v) is 3.84. The number of hydrogen-bond donors (Lipinski definition) is 1. The lowest BCUT2D eigenvalue weighted by atomic mass is 10.1. The van der Waals surface area contributed by atoms with Gasteiger partial charge in [0.2, 0.25) is 0 Å². The second-order valence-corrected chi connectivity index (χ2v) is 5.43. The zero-order chi connectivity index (χ0) is 15.7. The molecule has 1 N–H and O–H groups in total. The molecule has 0 atom stereocenters. The molecule has 2 aromatic carbocycles. The van der Waals surface area contributed by atoms with Crippen molar-refractivity contribution in [2.24, 2.45) is 7.05 Å². The first-order valence-electron chi connectivity index (χ1n) is 7.14. The Bertz CT molecular complexity index is 834. The summed E-state index contributed by atoms with van der Waals surface area (Å²) >= 11 is 0. The highest BCUT2D eigenvalue weighted by molar-refractivity contribution is 5.98. The maximum absolute atomic E-state index is 13.8. The third-order valence-electron chi connectivity index (χ3n) is 3.84. The molecule has 0 saturated carbocycles. The summed E-state index contributed by atoms with van der Waals surface area (Å²) < 4.78 is 15.5. The van der Waals surface area contributed by atoms with E-state index in [-0.39, 0.29) is 11.7 Å². The van der Waals surface area contributed by atoms with Gasteiger partial charge >= 0.3 is 0 Å². The highest BCUT2D eigenvalue weighted by atomic mass is 19.1. The Balaban J connectivity index is 1.82. The number of aryl methyl sites for hydroxylation is 2. The number of fused-ring (bicyclic) bond motifs is 1. The Labute approximate surface area is 128 Å². The quantitative estimate of drug-likeness (QED) is 0.788. The predicted molar refractivity (Wildman–Crippen MR) is 85.2 cm³/mol. The maximum atomic E-state index is 13.8. The zero-order valence-electron chi connectivity index (χ0n) is 12.6. The van der Waals surface area contributed by atoms with Gasteiger partial charge in [-0.3, -0.25) is 4.79 Å². The van der Waals surface area contributed by atoms with E-state index in [4.69, 9.17) is 0 Å². The molecule has 1 amide bonds. The fourth-order valence-electron chi connectivity index (χ4n) is 2.52. The highest BCUT2D eigenvalue weighted by Crippen LogP contribution is 2.21. The summed E-state index contributed by atoms with van der Waals surface area (Å²) in [5.74, 6) is -0.524. The summed E-state index contributed by atoms with van der Waals surface area (Å²) in [5, 5.41) is 3.34. The SMILES string of the molecule is Cc1ccc(CNC(=O)c2cc3c(F)cccc3n2C)cc1. The minimum Gasteiger partial charge on any atom is -0.347 e. The lowest BCUT2D eigenvalue weighted by Gasteiger charge is -2.07. The van der Waals surface area contributed by atoms with Crippen LogP contribution in [0.3, 0.4) is 0 Å². The van der Waals surface area contributed by atoms with Gasteiger partial charge in [-0.25, -0.2) is 4.39 Å². The van der Waals surface area contributed by atoms with Gasteiger partial charge in [0.15, 0.2) is 0 Å². The van der Waals surface area contributed by atoms with E-state index in [0.717, 1.165) is 5.56 Å². The molecule has 0 radical (unpaired) electrons. The average Bonchev–Trinajstić information content (AvgIpc) is 2.85. The van der Waals surface area contributed by atoms with Crippen molar-refractivity contribution in [2.75, 3.05) is 0 Å². The van der Waals surface area contributed by atoms with Crippen LogP contribution in [0.5, 0.6) is 0 Å².